The molecular weight excluding hydrogens is 649 g/mol. The Balaban J connectivity index is 1.28. The lowest BCUT2D eigenvalue weighted by molar-refractivity contribution is -0.286. The van der Waals surface area contributed by atoms with Crippen LogP contribution < -0.4 is 20.1 Å². The van der Waals surface area contributed by atoms with Gasteiger partial charge in [-0.1, -0.05) is 80.2 Å². The third-order valence-electron chi connectivity index (χ3n) is 8.43. The molecule has 5 rings (SSSR count). The fourth-order valence-corrected chi connectivity index (χ4v) is 5.41. The molecule has 0 bridgehead atoms. The second-order valence-electron chi connectivity index (χ2n) is 12.4. The minimum Gasteiger partial charge on any atom is -0.395 e. The van der Waals surface area contributed by atoms with E-state index in [9.17, 15) is 13.6 Å². The van der Waals surface area contributed by atoms with Crippen molar-refractivity contribution < 1.29 is 41.7 Å². The van der Waals surface area contributed by atoms with Gasteiger partial charge >= 0.3 is 6.29 Å². The maximum Gasteiger partial charge on any atom is 0.586 e. The van der Waals surface area contributed by atoms with Gasteiger partial charge < -0.3 is 29.0 Å². The number of allylic oxidation sites excluding steroid dienone is 3. The van der Waals surface area contributed by atoms with Crippen molar-refractivity contribution in [2.75, 3.05) is 19.8 Å². The van der Waals surface area contributed by atoms with E-state index in [2.05, 4.69) is 26.7 Å². The summed E-state index contributed by atoms with van der Waals surface area (Å²) in [6.07, 6.45) is 1.59. The molecular formula is C39H43F3N2O6. The van der Waals surface area contributed by atoms with Gasteiger partial charge in [0.05, 0.1) is 37.0 Å². The number of carbonyl (C=O) groups excluding carboxylic acids is 1. The molecule has 0 spiro atoms. The molecule has 0 aromatic heterocycles. The standard InChI is InChI=1S/C39H43F3N2O6/c1-4-22-47-31(27-46-25-28-12-8-6-9-13-28)24-43-37(3,48-26-29-14-10-7-11-15-29)19-18-32(40)33(5-2)44-36(45)38(20-21-38)30-16-17-34-35(23-30)50-39(41,42)49-34/h5-19,23,31,43H,2,4,20-22,24-27H2,1,3H3,(H,44,45)/b19-18+,33-32-/t31-,37?/m1/s1. The molecule has 0 saturated heterocycles. The molecule has 1 aliphatic carbocycles. The molecule has 3 aromatic carbocycles. The first-order valence-electron chi connectivity index (χ1n) is 16.6. The number of benzene rings is 3. The summed E-state index contributed by atoms with van der Waals surface area (Å²) < 4.78 is 70.2. The molecule has 1 heterocycles. The van der Waals surface area contributed by atoms with Crippen LogP contribution in [0.1, 0.15) is 49.8 Å². The van der Waals surface area contributed by atoms with Crippen molar-refractivity contribution >= 4 is 5.91 Å². The quantitative estimate of drug-likeness (QED) is 0.0988. The van der Waals surface area contributed by atoms with Gasteiger partial charge in [-0.05, 0) is 73.2 Å². The lowest BCUT2D eigenvalue weighted by Crippen LogP contribution is -2.48. The molecule has 2 N–H and O–H groups in total. The zero-order valence-corrected chi connectivity index (χ0v) is 28.3. The number of hydrogen-bond acceptors (Lipinski definition) is 7. The summed E-state index contributed by atoms with van der Waals surface area (Å²) in [4.78, 5) is 13.5. The van der Waals surface area contributed by atoms with Crippen molar-refractivity contribution in [1.29, 1.82) is 0 Å². The second kappa shape index (κ2) is 16.5. The van der Waals surface area contributed by atoms with Crippen LogP contribution in [0.4, 0.5) is 13.2 Å². The number of rotatable bonds is 19. The van der Waals surface area contributed by atoms with Crippen LogP contribution in [-0.4, -0.2) is 43.8 Å². The summed E-state index contributed by atoms with van der Waals surface area (Å²) in [5, 5.41) is 6.00. The molecule has 50 heavy (non-hydrogen) atoms. The lowest BCUT2D eigenvalue weighted by atomic mass is 9.94. The molecule has 2 aliphatic rings. The largest absolute Gasteiger partial charge is 0.586 e. The molecule has 1 amide bonds. The van der Waals surface area contributed by atoms with Crippen LogP contribution in [0.15, 0.2) is 115 Å². The fraction of sp³-hybridized carbons (Fsp3) is 0.359. The van der Waals surface area contributed by atoms with E-state index in [4.69, 9.17) is 14.2 Å². The number of ether oxygens (including phenoxy) is 5. The molecule has 1 fully saturated rings. The zero-order chi connectivity index (χ0) is 35.6. The summed E-state index contributed by atoms with van der Waals surface area (Å²) in [5.74, 6) is -1.52. The van der Waals surface area contributed by atoms with Gasteiger partial charge in [-0.3, -0.25) is 10.1 Å². The van der Waals surface area contributed by atoms with Gasteiger partial charge in [0, 0.05) is 13.2 Å². The lowest BCUT2D eigenvalue weighted by Gasteiger charge is -2.30. The van der Waals surface area contributed by atoms with Crippen LogP contribution in [0.25, 0.3) is 0 Å². The molecule has 266 valence electrons. The first-order chi connectivity index (χ1) is 24.0. The van der Waals surface area contributed by atoms with Gasteiger partial charge in [0.1, 0.15) is 11.6 Å². The summed E-state index contributed by atoms with van der Waals surface area (Å²) in [7, 11) is 0. The molecule has 1 aliphatic heterocycles. The molecule has 2 atom stereocenters. The van der Waals surface area contributed by atoms with Crippen molar-refractivity contribution in [1.82, 2.24) is 10.6 Å². The van der Waals surface area contributed by atoms with Crippen LogP contribution in [0, 0.1) is 0 Å². The van der Waals surface area contributed by atoms with Crippen LogP contribution in [0.2, 0.25) is 0 Å². The van der Waals surface area contributed by atoms with Crippen molar-refractivity contribution in [3.8, 4) is 11.5 Å². The van der Waals surface area contributed by atoms with Crippen LogP contribution >= 0.6 is 0 Å². The molecule has 3 aromatic rings. The van der Waals surface area contributed by atoms with Gasteiger partial charge in [-0.2, -0.15) is 0 Å². The Labute approximate surface area is 290 Å². The van der Waals surface area contributed by atoms with Crippen LogP contribution in [0.5, 0.6) is 11.5 Å². The van der Waals surface area contributed by atoms with Crippen molar-refractivity contribution in [3.63, 3.8) is 0 Å². The Hall–Kier alpha value is -4.42. The van der Waals surface area contributed by atoms with Gasteiger partial charge in [-0.15, -0.1) is 8.78 Å². The van der Waals surface area contributed by atoms with Crippen molar-refractivity contribution in [3.05, 3.63) is 132 Å². The van der Waals surface area contributed by atoms with E-state index in [1.165, 1.54) is 36.4 Å². The third kappa shape index (κ3) is 9.85. The highest BCUT2D eigenvalue weighted by atomic mass is 19.3. The van der Waals surface area contributed by atoms with E-state index in [-0.39, 0.29) is 29.9 Å². The number of halogens is 3. The van der Waals surface area contributed by atoms with E-state index in [0.29, 0.717) is 44.8 Å². The number of fused-ring (bicyclic) bond motifs is 1. The summed E-state index contributed by atoms with van der Waals surface area (Å²) >= 11 is 0. The first-order valence-corrected chi connectivity index (χ1v) is 16.6. The Morgan fingerprint density at radius 3 is 2.30 bits per heavy atom. The molecule has 1 unspecified atom stereocenters. The zero-order valence-electron chi connectivity index (χ0n) is 28.3. The van der Waals surface area contributed by atoms with Crippen LogP contribution in [0.3, 0.4) is 0 Å². The Bertz CT molecular complexity index is 1660. The maximum absolute atomic E-state index is 15.8. The predicted molar refractivity (Wildman–Crippen MR) is 183 cm³/mol. The van der Waals surface area contributed by atoms with E-state index in [0.717, 1.165) is 17.5 Å². The van der Waals surface area contributed by atoms with E-state index >= 15 is 4.39 Å². The van der Waals surface area contributed by atoms with Crippen LogP contribution in [-0.2, 0) is 37.6 Å². The topological polar surface area (TPSA) is 87.3 Å². The van der Waals surface area contributed by atoms with E-state index in [1.54, 1.807) is 6.92 Å². The number of nitrogens with one attached hydrogen (secondary N) is 2. The van der Waals surface area contributed by atoms with Gasteiger partial charge in [-0.25, -0.2) is 4.39 Å². The second-order valence-corrected chi connectivity index (χ2v) is 12.4. The highest BCUT2D eigenvalue weighted by Gasteiger charge is 2.53. The monoisotopic (exact) mass is 692 g/mol. The SMILES string of the molecule is C=C/C(NC(=O)C1(c2ccc3c(c2)OC(F)(F)O3)CC1)=C(F)\C=C\C(C)(NC[C@H](COCc1ccccc1)OCCC)OCc1ccccc1. The number of hydrogen-bond donors (Lipinski definition) is 2. The minimum absolute atomic E-state index is 0.119. The summed E-state index contributed by atoms with van der Waals surface area (Å²) in [6, 6.07) is 23.7. The minimum atomic E-state index is -3.78. The number of alkyl halides is 2. The highest BCUT2D eigenvalue weighted by Crippen LogP contribution is 2.52. The van der Waals surface area contributed by atoms with Gasteiger partial charge in [0.15, 0.2) is 11.5 Å². The fourth-order valence-electron chi connectivity index (χ4n) is 5.41. The summed E-state index contributed by atoms with van der Waals surface area (Å²) in [6.45, 7) is 9.37. The number of amides is 1. The highest BCUT2D eigenvalue weighted by molar-refractivity contribution is 5.93. The molecule has 0 radical (unpaired) electrons. The number of carbonyl (C=O) groups is 1. The maximum atomic E-state index is 15.8. The van der Waals surface area contributed by atoms with Gasteiger partial charge in [0.2, 0.25) is 5.91 Å². The average molecular weight is 693 g/mol. The first kappa shape index (κ1) is 36.9. The Morgan fingerprint density at radius 1 is 1.00 bits per heavy atom. The smallest absolute Gasteiger partial charge is 0.395 e. The molecule has 11 heteroatoms. The molecule has 1 saturated carbocycles. The van der Waals surface area contributed by atoms with Gasteiger partial charge in [0.25, 0.3) is 0 Å². The van der Waals surface area contributed by atoms with Crippen molar-refractivity contribution in [2.24, 2.45) is 0 Å². The summed E-state index contributed by atoms with van der Waals surface area (Å²) in [5.41, 5.74) is 0.106. The Morgan fingerprint density at radius 2 is 1.66 bits per heavy atom. The average Bonchev–Trinajstić information content (AvgIpc) is 3.87. The normalized spacial score (nSPS) is 17.9. The van der Waals surface area contributed by atoms with E-state index < -0.39 is 29.2 Å². The Kier molecular flexibility index (Phi) is 12.2. The predicted octanol–water partition coefficient (Wildman–Crippen LogP) is 7.61. The van der Waals surface area contributed by atoms with E-state index in [1.807, 2.05) is 67.6 Å². The third-order valence-corrected chi connectivity index (χ3v) is 8.43. The molecule has 8 nitrogen and oxygen atoms in total. The van der Waals surface area contributed by atoms with Crippen molar-refractivity contribution in [2.45, 2.75) is 69.9 Å².